The number of unbranched alkanes of at least 4 members (excludes halogenated alkanes) is 4. The zero-order valence-corrected chi connectivity index (χ0v) is 19.2. The van der Waals surface area contributed by atoms with Crippen LogP contribution in [0.15, 0.2) is 36.4 Å². The quantitative estimate of drug-likeness (QED) is 0.386. The van der Waals surface area contributed by atoms with E-state index in [1.54, 1.807) is 7.11 Å². The molecule has 0 radical (unpaired) electrons. The van der Waals surface area contributed by atoms with Gasteiger partial charge in [-0.2, -0.15) is 0 Å². The molecule has 0 aliphatic carbocycles. The van der Waals surface area contributed by atoms with Crippen LogP contribution in [-0.2, 0) is 0 Å². The predicted octanol–water partition coefficient (Wildman–Crippen LogP) is 6.59. The minimum absolute atomic E-state index is 0.240. The maximum Gasteiger partial charge on any atom is 0.126 e. The summed E-state index contributed by atoms with van der Waals surface area (Å²) in [5.74, 6) is 0.857. The van der Waals surface area contributed by atoms with Gasteiger partial charge in [-0.05, 0) is 42.9 Å². The zero-order chi connectivity index (χ0) is 21.3. The van der Waals surface area contributed by atoms with E-state index in [2.05, 4.69) is 44.7 Å². The summed E-state index contributed by atoms with van der Waals surface area (Å²) in [6, 6.07) is 12.2. The summed E-state index contributed by atoms with van der Waals surface area (Å²) in [6.07, 6.45) is 6.98. The van der Waals surface area contributed by atoms with Gasteiger partial charge in [0.25, 0.3) is 0 Å². The van der Waals surface area contributed by atoms with Crippen LogP contribution in [0.5, 0.6) is 5.75 Å². The number of aliphatic hydroxyl groups excluding tert-OH is 1. The van der Waals surface area contributed by atoms with Gasteiger partial charge >= 0.3 is 0 Å². The lowest BCUT2D eigenvalue weighted by atomic mass is 9.80. The standard InChI is InChI=1S/C26H41NO2/c1-6-8-12-18-27(19-13-9-7-2)20-26(3,4)25(28)23-16-17-24(29-5)22-15-11-10-14-21(22)23/h10-11,14-17,25,28H,6-9,12-13,18-20H2,1-5H3/t25-/m0/s1. The number of fused-ring (bicyclic) bond motifs is 1. The molecule has 1 atom stereocenters. The van der Waals surface area contributed by atoms with Crippen LogP contribution in [-0.4, -0.2) is 36.8 Å². The summed E-state index contributed by atoms with van der Waals surface area (Å²) in [7, 11) is 1.70. The van der Waals surface area contributed by atoms with Gasteiger partial charge in [0.2, 0.25) is 0 Å². The Labute approximate surface area is 178 Å². The van der Waals surface area contributed by atoms with Crippen LogP contribution in [0.2, 0.25) is 0 Å². The van der Waals surface area contributed by atoms with E-state index in [9.17, 15) is 5.11 Å². The van der Waals surface area contributed by atoms with Gasteiger partial charge in [0.1, 0.15) is 5.75 Å². The summed E-state index contributed by atoms with van der Waals surface area (Å²) in [4.78, 5) is 2.57. The van der Waals surface area contributed by atoms with Crippen molar-refractivity contribution < 1.29 is 9.84 Å². The summed E-state index contributed by atoms with van der Waals surface area (Å²) in [5, 5.41) is 13.6. The van der Waals surface area contributed by atoms with Crippen LogP contribution >= 0.6 is 0 Å². The van der Waals surface area contributed by atoms with Crippen molar-refractivity contribution in [1.82, 2.24) is 4.90 Å². The minimum atomic E-state index is -0.529. The van der Waals surface area contributed by atoms with Gasteiger partial charge in [-0.25, -0.2) is 0 Å². The maximum absolute atomic E-state index is 11.4. The summed E-state index contributed by atoms with van der Waals surface area (Å²) in [5.41, 5.74) is 0.754. The zero-order valence-electron chi connectivity index (χ0n) is 19.2. The summed E-state index contributed by atoms with van der Waals surface area (Å²) < 4.78 is 5.53. The third-order valence-corrected chi connectivity index (χ3v) is 5.96. The fourth-order valence-electron chi connectivity index (χ4n) is 4.24. The van der Waals surface area contributed by atoms with Gasteiger partial charge in [-0.15, -0.1) is 0 Å². The molecule has 3 heteroatoms. The van der Waals surface area contributed by atoms with E-state index >= 15 is 0 Å². The van der Waals surface area contributed by atoms with Crippen molar-refractivity contribution in [3.8, 4) is 5.75 Å². The van der Waals surface area contributed by atoms with Gasteiger partial charge < -0.3 is 14.7 Å². The second kappa shape index (κ2) is 11.6. The molecular formula is C26H41NO2. The molecule has 2 rings (SSSR count). The highest BCUT2D eigenvalue weighted by atomic mass is 16.5. The van der Waals surface area contributed by atoms with Crippen molar-refractivity contribution in [3.05, 3.63) is 42.0 Å². The maximum atomic E-state index is 11.4. The number of methoxy groups -OCH3 is 1. The first-order valence-corrected chi connectivity index (χ1v) is 11.4. The molecule has 0 aliphatic rings. The lowest BCUT2D eigenvalue weighted by Crippen LogP contribution is -2.39. The summed E-state index contributed by atoms with van der Waals surface area (Å²) >= 11 is 0. The molecule has 0 aromatic heterocycles. The normalized spacial score (nSPS) is 13.2. The number of hydrogen-bond acceptors (Lipinski definition) is 3. The number of rotatable bonds is 13. The number of benzene rings is 2. The van der Waals surface area contributed by atoms with Crippen LogP contribution in [0.3, 0.4) is 0 Å². The molecule has 0 unspecified atom stereocenters. The van der Waals surface area contributed by atoms with Crippen LogP contribution in [0.25, 0.3) is 10.8 Å². The van der Waals surface area contributed by atoms with Crippen LogP contribution < -0.4 is 4.74 Å². The van der Waals surface area contributed by atoms with Gasteiger partial charge in [-0.3, -0.25) is 0 Å². The van der Waals surface area contributed by atoms with E-state index < -0.39 is 6.10 Å². The first-order chi connectivity index (χ1) is 13.9. The van der Waals surface area contributed by atoms with Gasteiger partial charge in [0, 0.05) is 17.3 Å². The van der Waals surface area contributed by atoms with Crippen molar-refractivity contribution in [1.29, 1.82) is 0 Å². The molecule has 0 heterocycles. The first-order valence-electron chi connectivity index (χ1n) is 11.4. The molecule has 0 aliphatic heterocycles. The molecule has 2 aromatic carbocycles. The molecule has 2 aromatic rings. The average molecular weight is 400 g/mol. The van der Waals surface area contributed by atoms with E-state index in [4.69, 9.17) is 4.74 Å². The molecule has 0 amide bonds. The molecule has 0 saturated heterocycles. The molecule has 3 nitrogen and oxygen atoms in total. The molecule has 162 valence electrons. The summed E-state index contributed by atoms with van der Waals surface area (Å²) in [6.45, 7) is 12.1. The highest BCUT2D eigenvalue weighted by Crippen LogP contribution is 2.39. The van der Waals surface area contributed by atoms with E-state index in [0.29, 0.717) is 0 Å². The molecule has 0 saturated carbocycles. The number of nitrogens with zero attached hydrogens (tertiary/aromatic N) is 1. The van der Waals surface area contributed by atoms with Crippen molar-refractivity contribution >= 4 is 10.8 Å². The highest BCUT2D eigenvalue weighted by molar-refractivity contribution is 5.91. The number of aliphatic hydroxyl groups is 1. The van der Waals surface area contributed by atoms with E-state index in [1.165, 1.54) is 38.5 Å². The molecular weight excluding hydrogens is 358 g/mol. The van der Waals surface area contributed by atoms with Crippen LogP contribution in [0.1, 0.15) is 77.9 Å². The Balaban J connectivity index is 2.22. The largest absolute Gasteiger partial charge is 0.496 e. The predicted molar refractivity (Wildman–Crippen MR) is 125 cm³/mol. The second-order valence-electron chi connectivity index (χ2n) is 8.98. The Bertz CT molecular complexity index is 731. The monoisotopic (exact) mass is 399 g/mol. The topological polar surface area (TPSA) is 32.7 Å². The molecule has 0 spiro atoms. The Morgan fingerprint density at radius 2 is 1.48 bits per heavy atom. The van der Waals surface area contributed by atoms with E-state index in [1.807, 2.05) is 24.3 Å². The van der Waals surface area contributed by atoms with Crippen LogP contribution in [0.4, 0.5) is 0 Å². The lowest BCUT2D eigenvalue weighted by Gasteiger charge is -2.37. The van der Waals surface area contributed by atoms with Crippen LogP contribution in [0, 0.1) is 5.41 Å². The van der Waals surface area contributed by atoms with E-state index in [-0.39, 0.29) is 5.41 Å². The highest BCUT2D eigenvalue weighted by Gasteiger charge is 2.32. The Kier molecular flexibility index (Phi) is 9.45. The third kappa shape index (κ3) is 6.45. The SMILES string of the molecule is CCCCCN(CCCCC)CC(C)(C)[C@@H](O)c1ccc(OC)c2ccccc12. The molecule has 29 heavy (non-hydrogen) atoms. The molecule has 0 fully saturated rings. The van der Waals surface area contributed by atoms with Gasteiger partial charge in [0.05, 0.1) is 13.2 Å². The lowest BCUT2D eigenvalue weighted by molar-refractivity contribution is 0.0203. The van der Waals surface area contributed by atoms with Crippen molar-refractivity contribution in [3.63, 3.8) is 0 Å². The minimum Gasteiger partial charge on any atom is -0.496 e. The molecule has 1 N–H and O–H groups in total. The third-order valence-electron chi connectivity index (χ3n) is 5.96. The Morgan fingerprint density at radius 3 is 2.03 bits per heavy atom. The van der Waals surface area contributed by atoms with Crippen molar-refractivity contribution in [2.45, 2.75) is 72.3 Å². The first kappa shape index (κ1) is 23.7. The fraction of sp³-hybridized carbons (Fsp3) is 0.615. The van der Waals surface area contributed by atoms with Gasteiger partial charge in [-0.1, -0.05) is 83.7 Å². The number of ether oxygens (including phenoxy) is 1. The second-order valence-corrected chi connectivity index (χ2v) is 8.98. The number of hydrogen-bond donors (Lipinski definition) is 1. The Hall–Kier alpha value is -1.58. The van der Waals surface area contributed by atoms with Gasteiger partial charge in [0.15, 0.2) is 0 Å². The van der Waals surface area contributed by atoms with Crippen molar-refractivity contribution in [2.75, 3.05) is 26.7 Å². The average Bonchev–Trinajstić information content (AvgIpc) is 2.72. The van der Waals surface area contributed by atoms with Crippen molar-refractivity contribution in [2.24, 2.45) is 5.41 Å². The molecule has 0 bridgehead atoms. The smallest absolute Gasteiger partial charge is 0.126 e. The Morgan fingerprint density at radius 1 is 0.897 bits per heavy atom. The van der Waals surface area contributed by atoms with E-state index in [0.717, 1.165) is 41.7 Å². The fourth-order valence-corrected chi connectivity index (χ4v) is 4.24.